The fourth-order valence-electron chi connectivity index (χ4n) is 5.35. The Kier molecular flexibility index (Phi) is 11.2. The van der Waals surface area contributed by atoms with Crippen LogP contribution in [0.4, 0.5) is 0 Å². The highest BCUT2D eigenvalue weighted by Crippen LogP contribution is 2.42. The summed E-state index contributed by atoms with van der Waals surface area (Å²) >= 11 is 0. The zero-order valence-corrected chi connectivity index (χ0v) is 26.5. The van der Waals surface area contributed by atoms with Gasteiger partial charge < -0.3 is 35.2 Å². The fraction of sp³-hybridized carbons (Fsp3) is 0.364. The van der Waals surface area contributed by atoms with Crippen LogP contribution in [0.5, 0.6) is 11.5 Å². The Morgan fingerprint density at radius 2 is 1.62 bits per heavy atom. The topological polar surface area (TPSA) is 215 Å². The number of benzene rings is 2. The van der Waals surface area contributed by atoms with Crippen LogP contribution in [0.3, 0.4) is 0 Å². The molecule has 15 heteroatoms. The molecule has 4 amide bonds. The number of carboxylic acids is 1. The second kappa shape index (κ2) is 15.2. The SMILES string of the molecule is COc1c(C)c2c(c(O)c1CC=C(C)CC(CC(=O)NCCNC(=O)c1ccc(C(=O)ON3C(=O)CCC3=O)cc1)C(=O)O)C(=O)OC2. The molecule has 2 aromatic carbocycles. The van der Waals surface area contributed by atoms with Crippen molar-refractivity contribution in [1.29, 1.82) is 0 Å². The number of cyclic esters (lactones) is 1. The van der Waals surface area contributed by atoms with Gasteiger partial charge in [-0.25, -0.2) is 9.59 Å². The molecule has 0 radical (unpaired) electrons. The van der Waals surface area contributed by atoms with Crippen LogP contribution in [-0.2, 0) is 41.8 Å². The highest BCUT2D eigenvalue weighted by molar-refractivity contribution is 6.03. The summed E-state index contributed by atoms with van der Waals surface area (Å²) in [5.41, 5.74) is 2.54. The van der Waals surface area contributed by atoms with E-state index in [2.05, 4.69) is 10.6 Å². The number of carbonyl (C=O) groups excluding carboxylic acids is 6. The molecule has 1 atom stereocenters. The maximum atomic E-state index is 12.5. The smallest absolute Gasteiger partial charge is 0.363 e. The first-order valence-corrected chi connectivity index (χ1v) is 15.0. The number of imide groups is 1. The van der Waals surface area contributed by atoms with Crippen LogP contribution >= 0.6 is 0 Å². The third kappa shape index (κ3) is 7.97. The van der Waals surface area contributed by atoms with Gasteiger partial charge in [0.1, 0.15) is 23.7 Å². The Morgan fingerprint density at radius 3 is 2.25 bits per heavy atom. The van der Waals surface area contributed by atoms with Crippen LogP contribution in [0.15, 0.2) is 35.9 Å². The standard InChI is InChI=1S/C33H35N3O12/c1-17(4-9-22-28(40)27-23(16-47-33(27)45)18(2)29(22)46-3)14-21(31(42)43)15-24(37)34-12-13-35-30(41)19-5-7-20(8-6-19)32(44)48-36-25(38)10-11-26(36)39/h4-8,21,40H,9-16H2,1-3H3,(H,34,37)(H,35,41)(H,42,43). The minimum atomic E-state index is -1.17. The summed E-state index contributed by atoms with van der Waals surface area (Å²) < 4.78 is 10.5. The van der Waals surface area contributed by atoms with E-state index < -0.39 is 47.5 Å². The molecule has 0 aromatic heterocycles. The summed E-state index contributed by atoms with van der Waals surface area (Å²) in [5, 5.41) is 26.1. The molecule has 1 saturated heterocycles. The molecule has 0 saturated carbocycles. The molecule has 2 aliphatic rings. The number of nitrogens with zero attached hydrogens (tertiary/aromatic N) is 1. The lowest BCUT2D eigenvalue weighted by Crippen LogP contribution is -2.36. The number of ether oxygens (including phenoxy) is 2. The number of carbonyl (C=O) groups is 7. The van der Waals surface area contributed by atoms with Crippen molar-refractivity contribution in [2.75, 3.05) is 20.2 Å². The van der Waals surface area contributed by atoms with Crippen LogP contribution in [0.25, 0.3) is 0 Å². The summed E-state index contributed by atoms with van der Waals surface area (Å²) in [4.78, 5) is 89.4. The molecule has 0 aliphatic carbocycles. The first kappa shape index (κ1) is 35.1. The number of aliphatic carboxylic acids is 1. The number of nitrogens with one attached hydrogen (secondary N) is 2. The van der Waals surface area contributed by atoms with E-state index in [-0.39, 0.29) is 74.2 Å². The average Bonchev–Trinajstić information content (AvgIpc) is 3.60. The number of hydrogen-bond acceptors (Lipinski definition) is 11. The Balaban J connectivity index is 1.24. The quantitative estimate of drug-likeness (QED) is 0.0988. The van der Waals surface area contributed by atoms with Crippen molar-refractivity contribution < 1.29 is 58.1 Å². The van der Waals surface area contributed by atoms with Gasteiger partial charge >= 0.3 is 17.9 Å². The van der Waals surface area contributed by atoms with Crippen molar-refractivity contribution in [3.8, 4) is 11.5 Å². The number of aromatic hydroxyl groups is 1. The molecule has 1 fully saturated rings. The average molecular weight is 666 g/mol. The lowest BCUT2D eigenvalue weighted by Gasteiger charge is -2.16. The van der Waals surface area contributed by atoms with Gasteiger partial charge in [-0.3, -0.25) is 24.0 Å². The molecule has 4 rings (SSSR count). The first-order valence-electron chi connectivity index (χ1n) is 15.0. The highest BCUT2D eigenvalue weighted by Gasteiger charge is 2.34. The molecule has 15 nitrogen and oxygen atoms in total. The number of phenols is 1. The largest absolute Gasteiger partial charge is 0.507 e. The lowest BCUT2D eigenvalue weighted by atomic mass is 9.93. The monoisotopic (exact) mass is 665 g/mol. The van der Waals surface area contributed by atoms with Crippen LogP contribution in [0, 0.1) is 12.8 Å². The Morgan fingerprint density at radius 1 is 1.00 bits per heavy atom. The molecule has 2 aliphatic heterocycles. The van der Waals surface area contributed by atoms with Crippen molar-refractivity contribution >= 4 is 41.5 Å². The minimum absolute atomic E-state index is 0.0205. The van der Waals surface area contributed by atoms with Gasteiger partial charge in [0.2, 0.25) is 5.91 Å². The summed E-state index contributed by atoms with van der Waals surface area (Å²) in [6.45, 7) is 3.55. The van der Waals surface area contributed by atoms with Gasteiger partial charge in [0.05, 0.1) is 18.6 Å². The molecule has 0 spiro atoms. The second-order valence-corrected chi connectivity index (χ2v) is 11.3. The van der Waals surface area contributed by atoms with Crippen LogP contribution in [0.2, 0.25) is 0 Å². The number of fused-ring (bicyclic) bond motifs is 1. The summed E-state index contributed by atoms with van der Waals surface area (Å²) in [5.74, 6) is -5.88. The van der Waals surface area contributed by atoms with Gasteiger partial charge in [0.25, 0.3) is 17.7 Å². The Bertz CT molecular complexity index is 1680. The number of esters is 1. The zero-order chi connectivity index (χ0) is 35.1. The predicted octanol–water partition coefficient (Wildman–Crippen LogP) is 2.12. The van der Waals surface area contributed by atoms with E-state index in [0.717, 1.165) is 0 Å². The van der Waals surface area contributed by atoms with Gasteiger partial charge in [-0.1, -0.05) is 11.6 Å². The second-order valence-electron chi connectivity index (χ2n) is 11.3. The van der Waals surface area contributed by atoms with Crippen molar-refractivity contribution in [2.45, 2.75) is 52.6 Å². The number of hydrogen-bond donors (Lipinski definition) is 4. The summed E-state index contributed by atoms with van der Waals surface area (Å²) in [7, 11) is 1.45. The number of amides is 4. The number of allylic oxidation sites excluding steroid dienone is 2. The third-order valence-electron chi connectivity index (χ3n) is 7.95. The van der Waals surface area contributed by atoms with E-state index in [1.807, 2.05) is 0 Å². The van der Waals surface area contributed by atoms with Gasteiger partial charge in [0, 0.05) is 49.0 Å². The number of carboxylic acid groups (broad SMARTS) is 1. The molecule has 254 valence electrons. The maximum Gasteiger partial charge on any atom is 0.363 e. The van der Waals surface area contributed by atoms with E-state index in [9.17, 15) is 43.8 Å². The molecular weight excluding hydrogens is 630 g/mol. The van der Waals surface area contributed by atoms with Gasteiger partial charge in [-0.05, 0) is 56.5 Å². The highest BCUT2D eigenvalue weighted by atomic mass is 16.7. The van der Waals surface area contributed by atoms with Crippen LogP contribution in [-0.4, -0.2) is 77.0 Å². The van der Waals surface area contributed by atoms with Crippen molar-refractivity contribution in [3.05, 3.63) is 69.3 Å². The van der Waals surface area contributed by atoms with E-state index in [0.29, 0.717) is 33.1 Å². The number of rotatable bonds is 14. The van der Waals surface area contributed by atoms with E-state index in [1.165, 1.54) is 31.4 Å². The van der Waals surface area contributed by atoms with Gasteiger partial charge in [0.15, 0.2) is 0 Å². The lowest BCUT2D eigenvalue weighted by molar-refractivity contribution is -0.172. The predicted molar refractivity (Wildman–Crippen MR) is 165 cm³/mol. The first-order chi connectivity index (χ1) is 22.8. The number of phenolic OH excluding ortho intramolecular Hbond substituents is 1. The zero-order valence-electron chi connectivity index (χ0n) is 26.5. The maximum absolute atomic E-state index is 12.5. The molecule has 2 heterocycles. The molecule has 0 bridgehead atoms. The normalized spacial score (nSPS) is 14.7. The van der Waals surface area contributed by atoms with E-state index in [1.54, 1.807) is 19.9 Å². The van der Waals surface area contributed by atoms with Crippen molar-refractivity contribution in [2.24, 2.45) is 5.92 Å². The molecule has 48 heavy (non-hydrogen) atoms. The Labute approximate surface area is 274 Å². The molecule has 4 N–H and O–H groups in total. The third-order valence-corrected chi connectivity index (χ3v) is 7.95. The number of methoxy groups -OCH3 is 1. The van der Waals surface area contributed by atoms with E-state index >= 15 is 0 Å². The summed E-state index contributed by atoms with van der Waals surface area (Å²) in [6.07, 6.45) is 1.50. The van der Waals surface area contributed by atoms with Gasteiger partial charge in [-0.15, -0.1) is 5.06 Å². The van der Waals surface area contributed by atoms with Crippen LogP contribution in [0.1, 0.15) is 80.4 Å². The minimum Gasteiger partial charge on any atom is -0.507 e. The van der Waals surface area contributed by atoms with Crippen molar-refractivity contribution in [1.82, 2.24) is 15.7 Å². The summed E-state index contributed by atoms with van der Waals surface area (Å²) in [6, 6.07) is 5.30. The number of hydroxylamine groups is 2. The molecule has 2 aromatic rings. The van der Waals surface area contributed by atoms with E-state index in [4.69, 9.17) is 14.3 Å². The van der Waals surface area contributed by atoms with Gasteiger partial charge in [-0.2, -0.15) is 0 Å². The van der Waals surface area contributed by atoms with Crippen molar-refractivity contribution in [3.63, 3.8) is 0 Å². The Hall–Kier alpha value is -5.73. The molecule has 1 unspecified atom stereocenters. The fourth-order valence-corrected chi connectivity index (χ4v) is 5.35. The van der Waals surface area contributed by atoms with Crippen LogP contribution < -0.4 is 15.4 Å². The molecular formula is C33H35N3O12.